The van der Waals surface area contributed by atoms with E-state index in [0.717, 1.165) is 0 Å². The van der Waals surface area contributed by atoms with E-state index in [2.05, 4.69) is 16.3 Å². The molecule has 360 valence electrons. The molecule has 3 heterocycles. The van der Waals surface area contributed by atoms with Gasteiger partial charge >= 0.3 is 0 Å². The van der Waals surface area contributed by atoms with Crippen LogP contribution in [0.3, 0.4) is 0 Å². The molecule has 6 rings (SSSR count). The van der Waals surface area contributed by atoms with Crippen molar-refractivity contribution in [2.45, 2.75) is 85.9 Å². The summed E-state index contributed by atoms with van der Waals surface area (Å²) >= 11 is 23.8. The van der Waals surface area contributed by atoms with Gasteiger partial charge in [0.05, 0.1) is 72.7 Å². The predicted octanol–water partition coefficient (Wildman–Crippen LogP) is 11.5. The van der Waals surface area contributed by atoms with E-state index in [4.69, 9.17) is 59.7 Å². The Balaban J connectivity index is 0.000000222. The van der Waals surface area contributed by atoms with Crippen molar-refractivity contribution < 1.29 is 42.0 Å². The topological polar surface area (TPSA) is 188 Å². The fourth-order valence-corrected chi connectivity index (χ4v) is 6.51. The van der Waals surface area contributed by atoms with Gasteiger partial charge in [-0.1, -0.05) is 64.6 Å². The van der Waals surface area contributed by atoms with Gasteiger partial charge in [-0.15, -0.1) is 0 Å². The highest BCUT2D eigenvalue weighted by Crippen LogP contribution is 2.26. The molecule has 3 aromatic heterocycles. The Bertz CT molecular complexity index is 2700. The molecule has 0 spiro atoms. The second-order valence-corrected chi connectivity index (χ2v) is 19.4. The van der Waals surface area contributed by atoms with Gasteiger partial charge in [-0.25, -0.2) is 15.0 Å². The van der Waals surface area contributed by atoms with Gasteiger partial charge in [0.2, 0.25) is 0 Å². The smallest absolute Gasteiger partial charge is 0.274 e. The van der Waals surface area contributed by atoms with Gasteiger partial charge in [-0.2, -0.15) is 0 Å². The van der Waals surface area contributed by atoms with Crippen LogP contribution in [0.5, 0.6) is 0 Å². The van der Waals surface area contributed by atoms with Crippen molar-refractivity contribution >= 4 is 81.8 Å². The van der Waals surface area contributed by atoms with Crippen LogP contribution in [0, 0.1) is 6.92 Å². The van der Waals surface area contributed by atoms with Crippen LogP contribution in [0.15, 0.2) is 129 Å². The maximum absolute atomic E-state index is 12.8. The van der Waals surface area contributed by atoms with E-state index >= 15 is 0 Å². The van der Waals surface area contributed by atoms with Gasteiger partial charge < -0.3 is 13.3 Å². The molecule has 0 atom stereocenters. The van der Waals surface area contributed by atoms with Gasteiger partial charge in [0.1, 0.15) is 18.3 Å². The van der Waals surface area contributed by atoms with Crippen LogP contribution >= 0.6 is 46.4 Å². The molecular weight excluding hydrogens is 958 g/mol. The van der Waals surface area contributed by atoms with Gasteiger partial charge in [0.25, 0.3) is 35.4 Å². The molecule has 0 aliphatic carbocycles. The van der Waals surface area contributed by atoms with Crippen LogP contribution < -0.4 is 16.3 Å². The van der Waals surface area contributed by atoms with E-state index in [1.165, 1.54) is 82.7 Å². The molecule has 68 heavy (non-hydrogen) atoms. The van der Waals surface area contributed by atoms with Crippen molar-refractivity contribution in [3.05, 3.63) is 175 Å². The Hall–Kier alpha value is -6.52. The van der Waals surface area contributed by atoms with E-state index in [1.54, 1.807) is 90.9 Å². The van der Waals surface area contributed by atoms with Crippen LogP contribution in [0.4, 0.5) is 0 Å². The lowest BCUT2D eigenvalue weighted by atomic mass is 10.1. The average molecular weight is 1010 g/mol. The molecule has 0 unspecified atom stereocenters. The van der Waals surface area contributed by atoms with E-state index < -0.39 is 40.2 Å². The Morgan fingerprint density at radius 1 is 0.456 bits per heavy atom. The first kappa shape index (κ1) is 54.1. The molecule has 15 nitrogen and oxygen atoms in total. The molecule has 0 radical (unpaired) electrons. The first-order chi connectivity index (χ1) is 31.7. The number of aryl methyl sites for hydroxylation is 1. The van der Waals surface area contributed by atoms with Crippen LogP contribution in [-0.2, 0) is 0 Å². The summed E-state index contributed by atoms with van der Waals surface area (Å²) in [5, 5.41) is 5.10. The molecule has 6 amide bonds. The number of nitrogens with one attached hydrogen (secondary N) is 3. The van der Waals surface area contributed by atoms with Crippen molar-refractivity contribution in [1.29, 1.82) is 0 Å². The maximum atomic E-state index is 12.8. The molecule has 19 heteroatoms. The summed E-state index contributed by atoms with van der Waals surface area (Å²) in [6, 6.07) is 22.6. The van der Waals surface area contributed by atoms with E-state index in [0.29, 0.717) is 43.6 Å². The molecule has 6 aromatic rings. The number of furan rings is 3. The van der Waals surface area contributed by atoms with Crippen molar-refractivity contribution in [2.24, 2.45) is 0 Å². The summed E-state index contributed by atoms with van der Waals surface area (Å²) in [5.74, 6) is -1.84. The Kier molecular flexibility index (Phi) is 18.3. The molecule has 3 N–H and O–H groups in total. The predicted molar refractivity (Wildman–Crippen MR) is 260 cm³/mol. The van der Waals surface area contributed by atoms with E-state index in [9.17, 15) is 28.8 Å². The number of hydrogen-bond acceptors (Lipinski definition) is 9. The van der Waals surface area contributed by atoms with Crippen LogP contribution in [0.2, 0.25) is 20.1 Å². The molecular formula is C49H52Cl4N6O9. The molecule has 3 aromatic carbocycles. The summed E-state index contributed by atoms with van der Waals surface area (Å²) in [5.41, 5.74) is 8.12. The van der Waals surface area contributed by atoms with E-state index in [-0.39, 0.29) is 27.4 Å². The lowest BCUT2D eigenvalue weighted by Gasteiger charge is -2.35. The number of carbonyl (C=O) groups is 6. The summed E-state index contributed by atoms with van der Waals surface area (Å²) in [4.78, 5) is 75.0. The van der Waals surface area contributed by atoms with Crippen LogP contribution in [-0.4, -0.2) is 67.1 Å². The highest BCUT2D eigenvalue weighted by atomic mass is 35.5. The van der Waals surface area contributed by atoms with E-state index in [1.807, 2.05) is 26.8 Å². The maximum Gasteiger partial charge on any atom is 0.274 e. The molecule has 0 saturated carbocycles. The number of halogens is 4. The fraction of sp³-hybridized carbons (Fsp3) is 0.265. The average Bonchev–Trinajstić information content (AvgIpc) is 4.08. The molecule has 0 saturated heterocycles. The third-order valence-corrected chi connectivity index (χ3v) is 10.6. The summed E-state index contributed by atoms with van der Waals surface area (Å²) < 4.78 is 14.9. The number of amides is 6. The van der Waals surface area contributed by atoms with Crippen molar-refractivity contribution in [1.82, 2.24) is 31.3 Å². The quantitative estimate of drug-likeness (QED) is 0.136. The zero-order valence-electron chi connectivity index (χ0n) is 39.0. The lowest BCUT2D eigenvalue weighted by Crippen LogP contribution is -2.55. The second-order valence-electron chi connectivity index (χ2n) is 17.8. The zero-order chi connectivity index (χ0) is 50.7. The molecule has 0 aliphatic heterocycles. The zero-order valence-corrected chi connectivity index (χ0v) is 42.0. The third kappa shape index (κ3) is 14.7. The SMILES string of the molecule is CC(C)(C)N(NC(=O)c1ccoc1)C(=O)c1ccc(Cl)c(Cl)c1.CC(C)(C)N(NC(=O)c1ccoc1)C(=O)c1ccc(Cl)cc1Cl.Cc1occc1C(=O)NN(C(=O)c1ccccc1)C(C)(C)C. The molecule has 0 aliphatic rings. The molecule has 0 fully saturated rings. The van der Waals surface area contributed by atoms with Crippen molar-refractivity contribution in [2.75, 3.05) is 0 Å². The third-order valence-electron chi connectivity index (χ3n) is 9.28. The summed E-state index contributed by atoms with van der Waals surface area (Å²) in [7, 11) is 0. The highest BCUT2D eigenvalue weighted by Gasteiger charge is 2.33. The normalized spacial score (nSPS) is 11.1. The number of hydrazine groups is 3. The first-order valence-corrected chi connectivity index (χ1v) is 22.2. The van der Waals surface area contributed by atoms with Crippen molar-refractivity contribution in [3.63, 3.8) is 0 Å². The summed E-state index contributed by atoms with van der Waals surface area (Å²) in [6.45, 7) is 18.1. The number of rotatable bonds is 6. The van der Waals surface area contributed by atoms with Gasteiger partial charge in [0.15, 0.2) is 0 Å². The lowest BCUT2D eigenvalue weighted by molar-refractivity contribution is 0.0356. The van der Waals surface area contributed by atoms with Crippen molar-refractivity contribution in [3.8, 4) is 0 Å². The minimum Gasteiger partial charge on any atom is -0.472 e. The Morgan fingerprint density at radius 3 is 1.37 bits per heavy atom. The minimum atomic E-state index is -0.667. The number of nitrogens with zero attached hydrogens (tertiary/aromatic N) is 3. The standard InChI is InChI=1S/C17H20N2O3.2C16H16Cl2N2O3/c1-12-14(10-11-22-12)15(20)18-19(17(2,3)4)16(21)13-8-6-5-7-9-13;1-16(2,3)20(19-14(21)10-6-7-23-9-10)15(22)12-5-4-11(17)8-13(12)18;1-16(2,3)20(19-14(21)11-6-7-23-9-11)15(22)10-4-5-12(17)13(18)8-10/h5-11H,1-4H3,(H,18,20);2*4-9H,1-3H3,(H,19,21). The first-order valence-electron chi connectivity index (χ1n) is 20.7. The van der Waals surface area contributed by atoms with Gasteiger partial charge in [-0.05, 0) is 136 Å². The number of carbonyl (C=O) groups excluding carboxylic acids is 6. The van der Waals surface area contributed by atoms with Gasteiger partial charge in [0, 0.05) is 16.1 Å². The van der Waals surface area contributed by atoms with Crippen LogP contribution in [0.1, 0.15) is 130 Å². The van der Waals surface area contributed by atoms with Gasteiger partial charge in [-0.3, -0.25) is 45.0 Å². The second kappa shape index (κ2) is 23.0. The monoisotopic (exact) mass is 1010 g/mol. The fourth-order valence-electron chi connectivity index (χ4n) is 5.72. The largest absolute Gasteiger partial charge is 0.472 e. The minimum absolute atomic E-state index is 0.217. The Labute approximate surface area is 414 Å². The van der Waals surface area contributed by atoms with Crippen LogP contribution in [0.25, 0.3) is 0 Å². The Morgan fingerprint density at radius 2 is 0.941 bits per heavy atom. The number of hydrogen-bond donors (Lipinski definition) is 3. The summed E-state index contributed by atoms with van der Waals surface area (Å²) in [6.07, 6.45) is 6.83. The molecule has 0 bridgehead atoms. The number of benzene rings is 3. The highest BCUT2D eigenvalue weighted by molar-refractivity contribution is 6.42.